The van der Waals surface area contributed by atoms with Gasteiger partial charge >= 0.3 is 5.97 Å². The van der Waals surface area contributed by atoms with E-state index in [-0.39, 0.29) is 11.4 Å². The van der Waals surface area contributed by atoms with Gasteiger partial charge in [0.2, 0.25) is 0 Å². The van der Waals surface area contributed by atoms with Crippen molar-refractivity contribution in [3.8, 4) is 0 Å². The first-order chi connectivity index (χ1) is 9.52. The second kappa shape index (κ2) is 5.67. The number of halogens is 1. The molecule has 1 aromatic carbocycles. The number of anilines is 1. The largest absolute Gasteiger partial charge is 0.469 e. The molecule has 0 bridgehead atoms. The Morgan fingerprint density at radius 2 is 1.90 bits per heavy atom. The van der Waals surface area contributed by atoms with Crippen molar-refractivity contribution in [2.45, 2.75) is 33.2 Å². The molecule has 0 spiro atoms. The highest BCUT2D eigenvalue weighted by atomic mass is 19.1. The Morgan fingerprint density at radius 1 is 1.33 bits per heavy atom. The maximum absolute atomic E-state index is 13.2. The maximum Gasteiger partial charge on any atom is 0.313 e. The van der Waals surface area contributed by atoms with E-state index in [2.05, 4.69) is 5.32 Å². The molecule has 1 N–H and O–H groups in total. The van der Waals surface area contributed by atoms with E-state index in [1.165, 1.54) is 13.2 Å². The summed E-state index contributed by atoms with van der Waals surface area (Å²) >= 11 is 0. The Labute approximate surface area is 122 Å². The van der Waals surface area contributed by atoms with Gasteiger partial charge in [-0.3, -0.25) is 14.9 Å². The van der Waals surface area contributed by atoms with Crippen molar-refractivity contribution in [1.82, 2.24) is 0 Å². The number of nitrogens with zero attached hydrogens (tertiary/aromatic N) is 1. The van der Waals surface area contributed by atoms with Crippen LogP contribution in [0.25, 0.3) is 0 Å². The predicted molar refractivity (Wildman–Crippen MR) is 76.6 cm³/mol. The topological polar surface area (TPSA) is 81.5 Å². The molecule has 0 saturated carbocycles. The van der Waals surface area contributed by atoms with Crippen molar-refractivity contribution >= 4 is 17.3 Å². The summed E-state index contributed by atoms with van der Waals surface area (Å²) < 4.78 is 17.9. The van der Waals surface area contributed by atoms with E-state index < -0.39 is 27.7 Å². The minimum atomic E-state index is -0.954. The van der Waals surface area contributed by atoms with Gasteiger partial charge in [0.15, 0.2) is 0 Å². The van der Waals surface area contributed by atoms with Crippen molar-refractivity contribution in [1.29, 1.82) is 0 Å². The molecule has 6 nitrogen and oxygen atoms in total. The van der Waals surface area contributed by atoms with Gasteiger partial charge in [0.1, 0.15) is 11.5 Å². The molecule has 116 valence electrons. The predicted octanol–water partition coefficient (Wildman–Crippen LogP) is 3.12. The number of esters is 1. The second-order valence-corrected chi connectivity index (χ2v) is 5.79. The van der Waals surface area contributed by atoms with Gasteiger partial charge in [-0.25, -0.2) is 4.39 Å². The highest BCUT2D eigenvalue weighted by Crippen LogP contribution is 2.37. The first kappa shape index (κ1) is 16.9. The van der Waals surface area contributed by atoms with Gasteiger partial charge in [-0.2, -0.15) is 0 Å². The van der Waals surface area contributed by atoms with Gasteiger partial charge in [0.05, 0.1) is 23.5 Å². The van der Waals surface area contributed by atoms with E-state index >= 15 is 0 Å². The molecule has 0 unspecified atom stereocenters. The van der Waals surface area contributed by atoms with E-state index in [9.17, 15) is 19.3 Å². The van der Waals surface area contributed by atoms with Crippen molar-refractivity contribution in [2.24, 2.45) is 5.41 Å². The molecule has 1 rings (SSSR count). The number of carbonyl (C=O) groups excluding carboxylic acids is 1. The van der Waals surface area contributed by atoms with E-state index in [4.69, 9.17) is 4.74 Å². The number of hydrogen-bond donors (Lipinski definition) is 1. The Kier molecular flexibility index (Phi) is 4.56. The third kappa shape index (κ3) is 3.29. The van der Waals surface area contributed by atoms with Crippen LogP contribution < -0.4 is 5.32 Å². The average Bonchev–Trinajstić information content (AvgIpc) is 2.39. The summed E-state index contributed by atoms with van der Waals surface area (Å²) in [5, 5.41) is 13.9. The summed E-state index contributed by atoms with van der Waals surface area (Å²) in [4.78, 5) is 22.2. The SMILES string of the molecule is COC(=O)C(C)(C)C(C)(C)Nc1ccc(F)cc1[N+](=O)[O-]. The van der Waals surface area contributed by atoms with Gasteiger partial charge in [-0.1, -0.05) is 0 Å². The normalized spacial score (nSPS) is 11.9. The lowest BCUT2D eigenvalue weighted by molar-refractivity contribution is -0.384. The molecular weight excluding hydrogens is 279 g/mol. The molecule has 7 heteroatoms. The molecule has 0 saturated heterocycles. The van der Waals surface area contributed by atoms with E-state index in [0.717, 1.165) is 12.1 Å². The standard InChI is InChI=1S/C14H19FN2O4/c1-13(2,12(18)21-5)14(3,4)16-10-7-6-9(15)8-11(10)17(19)20/h6-8,16H,1-5H3. The molecular formula is C14H19FN2O4. The van der Waals surface area contributed by atoms with Crippen LogP contribution in [0.15, 0.2) is 18.2 Å². The summed E-state index contributed by atoms with van der Waals surface area (Å²) in [7, 11) is 1.28. The van der Waals surface area contributed by atoms with Crippen LogP contribution in [0.3, 0.4) is 0 Å². The lowest BCUT2D eigenvalue weighted by Gasteiger charge is -2.40. The minimum Gasteiger partial charge on any atom is -0.469 e. The number of carbonyl (C=O) groups is 1. The van der Waals surface area contributed by atoms with E-state index in [0.29, 0.717) is 0 Å². The van der Waals surface area contributed by atoms with Crippen LogP contribution in [0.1, 0.15) is 27.7 Å². The van der Waals surface area contributed by atoms with Crippen molar-refractivity contribution < 1.29 is 18.8 Å². The lowest BCUT2D eigenvalue weighted by Crippen LogP contribution is -2.51. The van der Waals surface area contributed by atoms with E-state index in [1.807, 2.05) is 0 Å². The first-order valence-corrected chi connectivity index (χ1v) is 6.33. The van der Waals surface area contributed by atoms with Gasteiger partial charge < -0.3 is 10.1 Å². The Morgan fingerprint density at radius 3 is 2.38 bits per heavy atom. The van der Waals surface area contributed by atoms with Crippen LogP contribution >= 0.6 is 0 Å². The van der Waals surface area contributed by atoms with Crippen LogP contribution in [0.2, 0.25) is 0 Å². The quantitative estimate of drug-likeness (QED) is 0.513. The molecule has 0 aliphatic carbocycles. The van der Waals surface area contributed by atoms with Gasteiger partial charge in [-0.05, 0) is 39.8 Å². The molecule has 0 heterocycles. The molecule has 21 heavy (non-hydrogen) atoms. The number of methoxy groups -OCH3 is 1. The van der Waals surface area contributed by atoms with Crippen molar-refractivity contribution in [3.05, 3.63) is 34.1 Å². The third-order valence-electron chi connectivity index (χ3n) is 3.86. The fraction of sp³-hybridized carbons (Fsp3) is 0.500. The maximum atomic E-state index is 13.2. The number of nitro benzene ring substituents is 1. The summed E-state index contributed by atoms with van der Waals surface area (Å²) in [6.07, 6.45) is 0. The second-order valence-electron chi connectivity index (χ2n) is 5.79. The molecule has 0 aliphatic rings. The van der Waals surface area contributed by atoms with Crippen LogP contribution in [-0.2, 0) is 9.53 Å². The Bertz CT molecular complexity index is 570. The smallest absolute Gasteiger partial charge is 0.313 e. The number of nitro groups is 1. The van der Waals surface area contributed by atoms with Crippen LogP contribution in [-0.4, -0.2) is 23.5 Å². The van der Waals surface area contributed by atoms with Crippen molar-refractivity contribution in [2.75, 3.05) is 12.4 Å². The van der Waals surface area contributed by atoms with Gasteiger partial charge in [-0.15, -0.1) is 0 Å². The van der Waals surface area contributed by atoms with E-state index in [1.54, 1.807) is 27.7 Å². The monoisotopic (exact) mass is 298 g/mol. The zero-order valence-corrected chi connectivity index (χ0v) is 12.7. The summed E-state index contributed by atoms with van der Waals surface area (Å²) in [5.74, 6) is -1.15. The summed E-state index contributed by atoms with van der Waals surface area (Å²) in [6.45, 7) is 6.77. The zero-order valence-electron chi connectivity index (χ0n) is 12.7. The van der Waals surface area contributed by atoms with Crippen LogP contribution in [0, 0.1) is 21.3 Å². The molecule has 0 fully saturated rings. The number of nitrogens with one attached hydrogen (secondary N) is 1. The highest BCUT2D eigenvalue weighted by Gasteiger charge is 2.45. The molecule has 0 atom stereocenters. The number of hydrogen-bond acceptors (Lipinski definition) is 5. The highest BCUT2D eigenvalue weighted by molar-refractivity contribution is 5.79. The molecule has 1 aromatic rings. The zero-order chi connectivity index (χ0) is 16.4. The first-order valence-electron chi connectivity index (χ1n) is 6.33. The molecule has 0 aromatic heterocycles. The molecule has 0 radical (unpaired) electrons. The summed E-state index contributed by atoms with van der Waals surface area (Å²) in [6, 6.07) is 3.24. The average molecular weight is 298 g/mol. The summed E-state index contributed by atoms with van der Waals surface area (Å²) in [5.41, 5.74) is -2.06. The van der Waals surface area contributed by atoms with Crippen LogP contribution in [0.5, 0.6) is 0 Å². The van der Waals surface area contributed by atoms with Gasteiger partial charge in [0.25, 0.3) is 5.69 Å². The number of rotatable bonds is 5. The Balaban J connectivity index is 3.21. The van der Waals surface area contributed by atoms with Crippen LogP contribution in [0.4, 0.5) is 15.8 Å². The Hall–Kier alpha value is -2.18. The lowest BCUT2D eigenvalue weighted by atomic mass is 9.74. The number of benzene rings is 1. The number of ether oxygens (including phenoxy) is 1. The molecule has 0 amide bonds. The van der Waals surface area contributed by atoms with Gasteiger partial charge in [0, 0.05) is 5.54 Å². The van der Waals surface area contributed by atoms with Crippen molar-refractivity contribution in [3.63, 3.8) is 0 Å². The fourth-order valence-electron chi connectivity index (χ4n) is 1.76. The minimum absolute atomic E-state index is 0.142. The molecule has 0 aliphatic heterocycles. The third-order valence-corrected chi connectivity index (χ3v) is 3.86. The fourth-order valence-corrected chi connectivity index (χ4v) is 1.76.